The number of amides is 1. The SMILES string of the molecule is CC(C(=O)N(C)C)N1CCC(O)c2ccccc21. The van der Waals surface area contributed by atoms with E-state index in [1.165, 1.54) is 0 Å². The largest absolute Gasteiger partial charge is 0.388 e. The van der Waals surface area contributed by atoms with Crippen LogP contribution in [0.1, 0.15) is 25.0 Å². The number of aliphatic hydroxyl groups is 1. The van der Waals surface area contributed by atoms with Gasteiger partial charge in [0.15, 0.2) is 0 Å². The average Bonchev–Trinajstić information content (AvgIpc) is 2.38. The van der Waals surface area contributed by atoms with Crippen molar-refractivity contribution in [2.75, 3.05) is 25.5 Å². The molecule has 0 saturated carbocycles. The highest BCUT2D eigenvalue weighted by Gasteiger charge is 2.29. The zero-order valence-electron chi connectivity index (χ0n) is 11.1. The van der Waals surface area contributed by atoms with E-state index < -0.39 is 6.10 Å². The van der Waals surface area contributed by atoms with Crippen LogP contribution in [0.3, 0.4) is 0 Å². The summed E-state index contributed by atoms with van der Waals surface area (Å²) in [6.45, 7) is 2.62. The van der Waals surface area contributed by atoms with Gasteiger partial charge >= 0.3 is 0 Å². The fraction of sp³-hybridized carbons (Fsp3) is 0.500. The van der Waals surface area contributed by atoms with Crippen LogP contribution in [0.5, 0.6) is 0 Å². The first-order chi connectivity index (χ1) is 8.52. The van der Waals surface area contributed by atoms with Crippen molar-refractivity contribution in [3.63, 3.8) is 0 Å². The summed E-state index contributed by atoms with van der Waals surface area (Å²) in [4.78, 5) is 15.7. The van der Waals surface area contributed by atoms with Gasteiger partial charge in [0.2, 0.25) is 5.91 Å². The number of fused-ring (bicyclic) bond motifs is 1. The Morgan fingerprint density at radius 3 is 2.78 bits per heavy atom. The van der Waals surface area contributed by atoms with E-state index in [0.29, 0.717) is 13.0 Å². The van der Waals surface area contributed by atoms with E-state index >= 15 is 0 Å². The number of aliphatic hydroxyl groups excluding tert-OH is 1. The highest BCUT2D eigenvalue weighted by molar-refractivity contribution is 5.85. The predicted octanol–water partition coefficient (Wildman–Crippen LogP) is 1.41. The van der Waals surface area contributed by atoms with E-state index in [4.69, 9.17) is 0 Å². The van der Waals surface area contributed by atoms with Gasteiger partial charge in [-0.05, 0) is 19.4 Å². The molecule has 1 heterocycles. The molecule has 0 bridgehead atoms. The van der Waals surface area contributed by atoms with Gasteiger partial charge in [-0.25, -0.2) is 0 Å². The Balaban J connectivity index is 2.31. The van der Waals surface area contributed by atoms with E-state index in [0.717, 1.165) is 11.3 Å². The quantitative estimate of drug-likeness (QED) is 0.860. The Kier molecular flexibility index (Phi) is 3.57. The normalized spacial score (nSPS) is 20.2. The maximum atomic E-state index is 12.1. The Morgan fingerprint density at radius 1 is 1.44 bits per heavy atom. The lowest BCUT2D eigenvalue weighted by atomic mass is 9.97. The first-order valence-corrected chi connectivity index (χ1v) is 6.27. The van der Waals surface area contributed by atoms with Crippen molar-refractivity contribution in [2.24, 2.45) is 0 Å². The summed E-state index contributed by atoms with van der Waals surface area (Å²) in [5, 5.41) is 9.99. The van der Waals surface area contributed by atoms with Crippen LogP contribution in [0.4, 0.5) is 5.69 Å². The van der Waals surface area contributed by atoms with Crippen molar-refractivity contribution in [3.05, 3.63) is 29.8 Å². The number of anilines is 1. The Bertz CT molecular complexity index is 445. The summed E-state index contributed by atoms with van der Waals surface area (Å²) in [6, 6.07) is 7.56. The van der Waals surface area contributed by atoms with Crippen LogP contribution in [-0.4, -0.2) is 42.6 Å². The molecule has 1 aromatic rings. The molecule has 0 radical (unpaired) electrons. The van der Waals surface area contributed by atoms with Crippen molar-refractivity contribution in [2.45, 2.75) is 25.5 Å². The number of carbonyl (C=O) groups excluding carboxylic acids is 1. The van der Waals surface area contributed by atoms with Crippen molar-refractivity contribution in [1.29, 1.82) is 0 Å². The van der Waals surface area contributed by atoms with Gasteiger partial charge < -0.3 is 14.9 Å². The molecule has 4 heteroatoms. The second kappa shape index (κ2) is 4.98. The third-order valence-corrected chi connectivity index (χ3v) is 3.51. The summed E-state index contributed by atoms with van der Waals surface area (Å²) in [7, 11) is 3.53. The van der Waals surface area contributed by atoms with Crippen LogP contribution in [0.2, 0.25) is 0 Å². The van der Waals surface area contributed by atoms with E-state index in [1.807, 2.05) is 31.2 Å². The van der Waals surface area contributed by atoms with Gasteiger partial charge in [0.05, 0.1) is 6.10 Å². The van der Waals surface area contributed by atoms with Gasteiger partial charge in [-0.15, -0.1) is 0 Å². The third kappa shape index (κ3) is 2.20. The first kappa shape index (κ1) is 12.9. The van der Waals surface area contributed by atoms with Gasteiger partial charge in [0.1, 0.15) is 6.04 Å². The van der Waals surface area contributed by atoms with Gasteiger partial charge in [-0.3, -0.25) is 4.79 Å². The molecule has 98 valence electrons. The lowest BCUT2D eigenvalue weighted by Crippen LogP contribution is -2.47. The first-order valence-electron chi connectivity index (χ1n) is 6.27. The lowest BCUT2D eigenvalue weighted by molar-refractivity contribution is -0.129. The molecule has 18 heavy (non-hydrogen) atoms. The molecule has 0 aliphatic carbocycles. The number of rotatable bonds is 2. The predicted molar refractivity (Wildman–Crippen MR) is 71.5 cm³/mol. The van der Waals surface area contributed by atoms with E-state index in [-0.39, 0.29) is 11.9 Å². The van der Waals surface area contributed by atoms with E-state index in [2.05, 4.69) is 4.90 Å². The molecule has 0 fully saturated rings. The maximum Gasteiger partial charge on any atom is 0.244 e. The van der Waals surface area contributed by atoms with Crippen molar-refractivity contribution in [1.82, 2.24) is 4.90 Å². The summed E-state index contributed by atoms with van der Waals surface area (Å²) >= 11 is 0. The van der Waals surface area contributed by atoms with Crippen LogP contribution in [-0.2, 0) is 4.79 Å². The topological polar surface area (TPSA) is 43.8 Å². The van der Waals surface area contributed by atoms with Gasteiger partial charge in [0, 0.05) is 31.9 Å². The van der Waals surface area contributed by atoms with Crippen molar-refractivity contribution >= 4 is 11.6 Å². The van der Waals surface area contributed by atoms with Crippen molar-refractivity contribution in [3.8, 4) is 0 Å². The molecule has 0 spiro atoms. The maximum absolute atomic E-state index is 12.1. The molecule has 2 rings (SSSR count). The average molecular weight is 248 g/mol. The van der Waals surface area contributed by atoms with E-state index in [9.17, 15) is 9.90 Å². The molecule has 1 N–H and O–H groups in total. The minimum atomic E-state index is -0.417. The number of likely N-dealkylation sites (N-methyl/N-ethyl adjacent to an activating group) is 1. The Morgan fingerprint density at radius 2 is 2.11 bits per heavy atom. The highest BCUT2D eigenvalue weighted by Crippen LogP contribution is 2.34. The van der Waals surface area contributed by atoms with Gasteiger partial charge in [-0.1, -0.05) is 18.2 Å². The van der Waals surface area contributed by atoms with Crippen LogP contribution >= 0.6 is 0 Å². The number of benzene rings is 1. The molecule has 0 aromatic heterocycles. The molecule has 0 saturated heterocycles. The fourth-order valence-electron chi connectivity index (χ4n) is 2.48. The monoisotopic (exact) mass is 248 g/mol. The summed E-state index contributed by atoms with van der Waals surface area (Å²) in [6.07, 6.45) is 0.251. The number of nitrogens with zero attached hydrogens (tertiary/aromatic N) is 2. The number of hydrogen-bond donors (Lipinski definition) is 1. The highest BCUT2D eigenvalue weighted by atomic mass is 16.3. The molecular formula is C14H20N2O2. The number of hydrogen-bond acceptors (Lipinski definition) is 3. The molecule has 1 aliphatic rings. The second-order valence-corrected chi connectivity index (χ2v) is 4.97. The zero-order chi connectivity index (χ0) is 13.3. The van der Waals surface area contributed by atoms with Crippen molar-refractivity contribution < 1.29 is 9.90 Å². The van der Waals surface area contributed by atoms with Crippen LogP contribution in [0.15, 0.2) is 24.3 Å². The fourth-order valence-corrected chi connectivity index (χ4v) is 2.48. The smallest absolute Gasteiger partial charge is 0.244 e. The molecule has 1 amide bonds. The summed E-state index contributed by atoms with van der Waals surface area (Å²) < 4.78 is 0. The summed E-state index contributed by atoms with van der Waals surface area (Å²) in [5.74, 6) is 0.0844. The molecule has 1 aromatic carbocycles. The Labute approximate surface area is 108 Å². The molecule has 4 nitrogen and oxygen atoms in total. The third-order valence-electron chi connectivity index (χ3n) is 3.51. The van der Waals surface area contributed by atoms with Gasteiger partial charge in [0.25, 0.3) is 0 Å². The van der Waals surface area contributed by atoms with Crippen LogP contribution < -0.4 is 4.90 Å². The minimum absolute atomic E-state index is 0.0844. The standard InChI is InChI=1S/C14H20N2O2/c1-10(14(18)15(2)3)16-9-8-13(17)11-6-4-5-7-12(11)16/h4-7,10,13,17H,8-9H2,1-3H3. The number of para-hydroxylation sites is 1. The Hall–Kier alpha value is -1.55. The number of carbonyl (C=O) groups is 1. The molecular weight excluding hydrogens is 228 g/mol. The van der Waals surface area contributed by atoms with Crippen LogP contribution in [0.25, 0.3) is 0 Å². The molecule has 2 unspecified atom stereocenters. The van der Waals surface area contributed by atoms with Crippen LogP contribution in [0, 0.1) is 0 Å². The lowest BCUT2D eigenvalue weighted by Gasteiger charge is -2.38. The molecule has 2 atom stereocenters. The second-order valence-electron chi connectivity index (χ2n) is 4.97. The van der Waals surface area contributed by atoms with Gasteiger partial charge in [-0.2, -0.15) is 0 Å². The summed E-state index contributed by atoms with van der Waals surface area (Å²) in [5.41, 5.74) is 1.89. The molecule has 1 aliphatic heterocycles. The zero-order valence-corrected chi connectivity index (χ0v) is 11.1. The van der Waals surface area contributed by atoms with E-state index in [1.54, 1.807) is 19.0 Å². The minimum Gasteiger partial charge on any atom is -0.388 e.